The van der Waals surface area contributed by atoms with Crippen molar-refractivity contribution in [1.29, 1.82) is 0 Å². The van der Waals surface area contributed by atoms with Gasteiger partial charge < -0.3 is 9.84 Å². The Bertz CT molecular complexity index is 881. The van der Waals surface area contributed by atoms with E-state index in [1.54, 1.807) is 18.2 Å². The number of benzene rings is 2. The predicted octanol–water partition coefficient (Wildman–Crippen LogP) is 4.27. The van der Waals surface area contributed by atoms with E-state index in [4.69, 9.17) is 6.11 Å². The highest BCUT2D eigenvalue weighted by atomic mass is 79.9. The molecule has 3 aromatic rings. The average Bonchev–Trinajstić information content (AvgIpc) is 2.54. The minimum atomic E-state index is -1.13. The zero-order chi connectivity index (χ0) is 16.4. The van der Waals surface area contributed by atoms with Gasteiger partial charge in [-0.1, -0.05) is 40.2 Å². The number of hydrogen-bond acceptors (Lipinski definition) is 3. The molecule has 0 unspecified atom stereocenters. The van der Waals surface area contributed by atoms with E-state index in [0.29, 0.717) is 16.7 Å². The summed E-state index contributed by atoms with van der Waals surface area (Å²) >= 11 is 3.37. The van der Waals surface area contributed by atoms with Gasteiger partial charge in [-0.3, -0.25) is 0 Å². The third-order valence-electron chi connectivity index (χ3n) is 3.12. The number of halogens is 1. The van der Waals surface area contributed by atoms with Crippen molar-refractivity contribution < 1.29 is 16.0 Å². The fourth-order valence-electron chi connectivity index (χ4n) is 2.04. The van der Waals surface area contributed by atoms with Gasteiger partial charge in [0, 0.05) is 15.9 Å². The molecular weight excluding hydrogens is 346 g/mol. The van der Waals surface area contributed by atoms with Crippen LogP contribution in [0.15, 0.2) is 59.0 Å². The number of aromatic carboxylic acids is 1. The Morgan fingerprint density at radius 1 is 1.27 bits per heavy atom. The fraction of sp³-hybridized carbons (Fsp3) is 0.0588. The predicted molar refractivity (Wildman–Crippen MR) is 87.2 cm³/mol. The maximum Gasteiger partial charge on any atom is 0.354 e. The molecule has 2 aromatic carbocycles. The van der Waals surface area contributed by atoms with Gasteiger partial charge in [-0.05, 0) is 29.8 Å². The first-order valence-corrected chi connectivity index (χ1v) is 7.35. The Morgan fingerprint density at radius 3 is 2.77 bits per heavy atom. The summed E-state index contributed by atoms with van der Waals surface area (Å²) in [5, 5.41) is 9.69. The molecule has 0 amide bonds. The molecule has 1 heterocycles. The Balaban J connectivity index is 2.00. The first-order valence-electron chi connectivity index (χ1n) is 7.05. The lowest BCUT2D eigenvalue weighted by Gasteiger charge is -2.10. The second-order valence-electron chi connectivity index (χ2n) is 4.66. The van der Waals surface area contributed by atoms with Gasteiger partial charge in [0.1, 0.15) is 12.4 Å². The number of pyridine rings is 1. The summed E-state index contributed by atoms with van der Waals surface area (Å²) in [6.07, 6.45) is 0. The number of ether oxygens (including phenoxy) is 1. The summed E-state index contributed by atoms with van der Waals surface area (Å²) in [7, 11) is 0. The molecule has 0 saturated carbocycles. The van der Waals surface area contributed by atoms with E-state index in [1.807, 2.05) is 24.3 Å². The molecule has 0 spiro atoms. The molecule has 4 nitrogen and oxygen atoms in total. The first kappa shape index (κ1) is 13.3. The molecule has 22 heavy (non-hydrogen) atoms. The van der Waals surface area contributed by atoms with E-state index in [0.717, 1.165) is 10.0 Å². The van der Waals surface area contributed by atoms with E-state index >= 15 is 0 Å². The monoisotopic (exact) mass is 358 g/mol. The van der Waals surface area contributed by atoms with Crippen molar-refractivity contribution in [1.82, 2.24) is 4.98 Å². The molecule has 0 atom stereocenters. The lowest BCUT2D eigenvalue weighted by atomic mass is 10.1. The molecule has 0 aliphatic heterocycles. The van der Waals surface area contributed by atoms with Gasteiger partial charge in [-0.2, -0.15) is 0 Å². The number of carboxylic acids is 1. The average molecular weight is 359 g/mol. The molecule has 5 heteroatoms. The molecule has 0 aliphatic rings. The Hall–Kier alpha value is -2.40. The van der Waals surface area contributed by atoms with E-state index in [1.165, 1.54) is 6.07 Å². The van der Waals surface area contributed by atoms with Gasteiger partial charge in [-0.15, -0.1) is 0 Å². The topological polar surface area (TPSA) is 59.4 Å². The maximum atomic E-state index is 11.2. The number of aromatic nitrogens is 1. The summed E-state index contributed by atoms with van der Waals surface area (Å²) in [5.74, 6) is -0.781. The second kappa shape index (κ2) is 6.15. The minimum Gasteiger partial charge on any atom is -0.488 e. The van der Waals surface area contributed by atoms with Crippen molar-refractivity contribution in [2.75, 3.05) is 0 Å². The van der Waals surface area contributed by atoms with Crippen molar-refractivity contribution in [3.63, 3.8) is 0 Å². The molecule has 3 rings (SSSR count). The number of rotatable bonds is 4. The number of carbonyl (C=O) groups is 1. The zero-order valence-electron chi connectivity index (χ0n) is 12.4. The summed E-state index contributed by atoms with van der Waals surface area (Å²) < 4.78 is 14.8. The molecule has 1 N–H and O–H groups in total. The van der Waals surface area contributed by atoms with Gasteiger partial charge in [0.2, 0.25) is 0 Å². The molecule has 0 fully saturated rings. The summed E-state index contributed by atoms with van der Waals surface area (Å²) in [6.45, 7) is 0.278. The standard InChI is InChI=1S/C17H12BrNO3/c18-12-7-5-11(6-8-12)10-22-16-9-15(17(20)21)19-14-4-2-1-3-13(14)16/h1-9H,10H2,(H,20,21)/i3D. The van der Waals surface area contributed by atoms with Crippen LogP contribution in [0.3, 0.4) is 0 Å². The molecular formula is C17H12BrNO3. The summed E-state index contributed by atoms with van der Waals surface area (Å²) in [5.41, 5.74) is 1.27. The van der Waals surface area contributed by atoms with Crippen LogP contribution in [0.25, 0.3) is 10.9 Å². The highest BCUT2D eigenvalue weighted by molar-refractivity contribution is 9.10. The van der Waals surface area contributed by atoms with Crippen molar-refractivity contribution in [2.45, 2.75) is 6.61 Å². The van der Waals surface area contributed by atoms with Gasteiger partial charge in [-0.25, -0.2) is 9.78 Å². The maximum absolute atomic E-state index is 11.2. The number of para-hydroxylation sites is 1. The van der Waals surface area contributed by atoms with Crippen LogP contribution in [0.2, 0.25) is 0 Å². The molecule has 1 aromatic heterocycles. The van der Waals surface area contributed by atoms with Gasteiger partial charge in [0.15, 0.2) is 5.69 Å². The van der Waals surface area contributed by atoms with Crippen molar-refractivity contribution in [3.05, 3.63) is 70.3 Å². The van der Waals surface area contributed by atoms with Crippen LogP contribution < -0.4 is 4.74 Å². The highest BCUT2D eigenvalue weighted by Crippen LogP contribution is 2.26. The molecule has 0 saturated heterocycles. The van der Waals surface area contributed by atoms with E-state index in [-0.39, 0.29) is 18.3 Å². The van der Waals surface area contributed by atoms with Crippen molar-refractivity contribution in [3.8, 4) is 5.75 Å². The Labute approximate surface area is 136 Å². The van der Waals surface area contributed by atoms with Crippen LogP contribution >= 0.6 is 15.9 Å². The lowest BCUT2D eigenvalue weighted by molar-refractivity contribution is 0.0690. The van der Waals surface area contributed by atoms with E-state index < -0.39 is 5.97 Å². The number of carboxylic acid groups (broad SMARTS) is 1. The third-order valence-corrected chi connectivity index (χ3v) is 3.64. The Kier molecular flexibility index (Phi) is 3.71. The van der Waals surface area contributed by atoms with Gasteiger partial charge in [0.05, 0.1) is 6.89 Å². The molecule has 110 valence electrons. The lowest BCUT2D eigenvalue weighted by Crippen LogP contribution is -2.03. The van der Waals surface area contributed by atoms with Crippen LogP contribution in [0.1, 0.15) is 17.4 Å². The smallest absolute Gasteiger partial charge is 0.354 e. The third kappa shape index (κ3) is 3.09. The summed E-state index contributed by atoms with van der Waals surface area (Å²) in [6, 6.07) is 14.2. The van der Waals surface area contributed by atoms with Crippen LogP contribution in [-0.4, -0.2) is 16.1 Å². The van der Waals surface area contributed by atoms with Crippen molar-refractivity contribution in [2.24, 2.45) is 0 Å². The van der Waals surface area contributed by atoms with E-state index in [2.05, 4.69) is 20.9 Å². The quantitative estimate of drug-likeness (QED) is 0.756. The fourth-order valence-corrected chi connectivity index (χ4v) is 2.31. The minimum absolute atomic E-state index is 0.103. The number of nitrogens with zero attached hydrogens (tertiary/aromatic N) is 1. The van der Waals surface area contributed by atoms with Crippen LogP contribution in [0, 0.1) is 0 Å². The Morgan fingerprint density at radius 2 is 2.05 bits per heavy atom. The number of hydrogen-bond donors (Lipinski definition) is 1. The largest absolute Gasteiger partial charge is 0.488 e. The van der Waals surface area contributed by atoms with Crippen molar-refractivity contribution >= 4 is 32.8 Å². The zero-order valence-corrected chi connectivity index (χ0v) is 13.0. The van der Waals surface area contributed by atoms with Gasteiger partial charge in [0.25, 0.3) is 0 Å². The second-order valence-corrected chi connectivity index (χ2v) is 5.57. The molecule has 0 aliphatic carbocycles. The molecule has 0 radical (unpaired) electrons. The van der Waals surface area contributed by atoms with Gasteiger partial charge >= 0.3 is 5.97 Å². The first-order chi connectivity index (χ1) is 11.0. The van der Waals surface area contributed by atoms with E-state index in [9.17, 15) is 9.90 Å². The normalized spacial score (nSPS) is 11.2. The van der Waals surface area contributed by atoms with Crippen LogP contribution in [-0.2, 0) is 6.61 Å². The number of fused-ring (bicyclic) bond motifs is 1. The highest BCUT2D eigenvalue weighted by Gasteiger charge is 2.11. The SMILES string of the molecule is [2H]c1cccc2nc(C(=O)O)cc(OCc3ccc(Br)cc3)c12. The van der Waals surface area contributed by atoms with Crippen LogP contribution in [0.5, 0.6) is 5.75 Å². The summed E-state index contributed by atoms with van der Waals surface area (Å²) in [4.78, 5) is 15.3. The molecule has 0 bridgehead atoms. The van der Waals surface area contributed by atoms with Crippen LogP contribution in [0.4, 0.5) is 0 Å².